The van der Waals surface area contributed by atoms with E-state index in [0.717, 1.165) is 24.2 Å². The van der Waals surface area contributed by atoms with Gasteiger partial charge >= 0.3 is 0 Å². The smallest absolute Gasteiger partial charge is 0.0609 e. The van der Waals surface area contributed by atoms with Gasteiger partial charge in [-0.1, -0.05) is 23.7 Å². The molecule has 0 N–H and O–H groups in total. The third-order valence-electron chi connectivity index (χ3n) is 4.53. The lowest BCUT2D eigenvalue weighted by Gasteiger charge is -2.28. The highest BCUT2D eigenvalue weighted by Crippen LogP contribution is 2.06. The Kier molecular flexibility index (Phi) is 15.3. The predicted octanol–water partition coefficient (Wildman–Crippen LogP) is 5.47. The maximum Gasteiger partial charge on any atom is 0.0609 e. The molecule has 0 bridgehead atoms. The predicted molar refractivity (Wildman–Crippen MR) is 129 cm³/mol. The minimum absolute atomic E-state index is 0. The Labute approximate surface area is 186 Å². The summed E-state index contributed by atoms with van der Waals surface area (Å²) in [5, 5.41) is 0. The number of rotatable bonds is 6. The second-order valence-electron chi connectivity index (χ2n) is 7.90. The molecule has 0 heterocycles. The number of halogens is 2. The van der Waals surface area contributed by atoms with Crippen LogP contribution >= 0.6 is 24.8 Å². The summed E-state index contributed by atoms with van der Waals surface area (Å²) in [5.74, 6) is 13.1. The maximum absolute atomic E-state index is 3.30. The van der Waals surface area contributed by atoms with Gasteiger partial charge in [0.15, 0.2) is 0 Å². The Morgan fingerprint density at radius 1 is 0.571 bits per heavy atom. The molecule has 0 aliphatic rings. The Morgan fingerprint density at radius 2 is 0.821 bits per heavy atom. The first-order valence-electron chi connectivity index (χ1n) is 9.81. The highest BCUT2D eigenvalue weighted by Gasteiger charge is 2.11. The lowest BCUT2D eigenvalue weighted by atomic mass is 10.1. The number of hydrogen-bond acceptors (Lipinski definition) is 2. The molecule has 0 saturated carbocycles. The standard InChI is InChI=1S/C24H36N2.2ClH/c1-19(2)25(20(3)4)17-9-11-23-13-15-24(16-14-23)12-10-18-26(21(5)6)22(7)8;;/h13-16,19-22H,17-18H2,1-8H3;2*1H. The van der Waals surface area contributed by atoms with Crippen molar-refractivity contribution in [2.75, 3.05) is 13.1 Å². The molecular formula is C24H38Cl2N2. The van der Waals surface area contributed by atoms with Crippen LogP contribution in [-0.4, -0.2) is 47.1 Å². The molecule has 0 aliphatic carbocycles. The highest BCUT2D eigenvalue weighted by atomic mass is 35.5. The summed E-state index contributed by atoms with van der Waals surface area (Å²) in [5.41, 5.74) is 2.10. The van der Waals surface area contributed by atoms with Crippen LogP contribution in [0.1, 0.15) is 66.5 Å². The summed E-state index contributed by atoms with van der Waals surface area (Å²) in [6.45, 7) is 19.3. The topological polar surface area (TPSA) is 6.48 Å². The van der Waals surface area contributed by atoms with Gasteiger partial charge in [0.05, 0.1) is 13.1 Å². The van der Waals surface area contributed by atoms with Crippen LogP contribution in [-0.2, 0) is 0 Å². The van der Waals surface area contributed by atoms with Crippen molar-refractivity contribution in [3.05, 3.63) is 35.4 Å². The van der Waals surface area contributed by atoms with Crippen molar-refractivity contribution in [2.45, 2.75) is 79.6 Å². The van der Waals surface area contributed by atoms with Crippen LogP contribution in [0.5, 0.6) is 0 Å². The summed E-state index contributed by atoms with van der Waals surface area (Å²) in [6, 6.07) is 10.3. The fourth-order valence-electron chi connectivity index (χ4n) is 3.03. The Bertz CT molecular complexity index is 581. The third kappa shape index (κ3) is 10.4. The number of benzene rings is 1. The van der Waals surface area contributed by atoms with Gasteiger partial charge in [-0.25, -0.2) is 0 Å². The van der Waals surface area contributed by atoms with Gasteiger partial charge in [0.2, 0.25) is 0 Å². The monoisotopic (exact) mass is 424 g/mol. The maximum atomic E-state index is 3.30. The van der Waals surface area contributed by atoms with Crippen LogP contribution < -0.4 is 0 Å². The summed E-state index contributed by atoms with van der Waals surface area (Å²) in [6.07, 6.45) is 0. The molecule has 0 amide bonds. The minimum atomic E-state index is 0. The van der Waals surface area contributed by atoms with E-state index in [1.54, 1.807) is 0 Å². The second-order valence-corrected chi connectivity index (χ2v) is 7.90. The van der Waals surface area contributed by atoms with Crippen molar-refractivity contribution in [2.24, 2.45) is 0 Å². The average Bonchev–Trinajstić information content (AvgIpc) is 2.55. The lowest BCUT2D eigenvalue weighted by Crippen LogP contribution is -2.37. The van der Waals surface area contributed by atoms with Gasteiger partial charge in [0, 0.05) is 35.3 Å². The van der Waals surface area contributed by atoms with Crippen LogP contribution in [0.4, 0.5) is 0 Å². The molecule has 1 aromatic rings. The van der Waals surface area contributed by atoms with E-state index in [-0.39, 0.29) is 24.8 Å². The van der Waals surface area contributed by atoms with Crippen LogP contribution in [0.3, 0.4) is 0 Å². The van der Waals surface area contributed by atoms with E-state index in [9.17, 15) is 0 Å². The zero-order valence-corrected chi connectivity index (χ0v) is 20.4. The first-order chi connectivity index (χ1) is 12.2. The minimum Gasteiger partial charge on any atom is -0.287 e. The fourth-order valence-corrected chi connectivity index (χ4v) is 3.03. The normalized spacial score (nSPS) is 10.5. The van der Waals surface area contributed by atoms with Gasteiger partial charge in [-0.2, -0.15) is 0 Å². The Hall–Kier alpha value is -1.16. The van der Waals surface area contributed by atoms with E-state index in [1.807, 2.05) is 0 Å². The van der Waals surface area contributed by atoms with E-state index in [4.69, 9.17) is 0 Å². The Morgan fingerprint density at radius 3 is 1.04 bits per heavy atom. The third-order valence-corrected chi connectivity index (χ3v) is 4.53. The molecule has 158 valence electrons. The van der Waals surface area contributed by atoms with Crippen molar-refractivity contribution in [1.29, 1.82) is 0 Å². The Balaban J connectivity index is 0. The van der Waals surface area contributed by atoms with Gasteiger partial charge in [0.25, 0.3) is 0 Å². The van der Waals surface area contributed by atoms with Crippen molar-refractivity contribution >= 4 is 24.8 Å². The van der Waals surface area contributed by atoms with E-state index >= 15 is 0 Å². The highest BCUT2D eigenvalue weighted by molar-refractivity contribution is 5.85. The summed E-state index contributed by atoms with van der Waals surface area (Å²) >= 11 is 0. The van der Waals surface area contributed by atoms with E-state index in [2.05, 4.69) is 113 Å². The van der Waals surface area contributed by atoms with E-state index < -0.39 is 0 Å². The largest absolute Gasteiger partial charge is 0.287 e. The quantitative estimate of drug-likeness (QED) is 0.558. The zero-order valence-electron chi connectivity index (χ0n) is 18.7. The van der Waals surface area contributed by atoms with Crippen LogP contribution in [0.15, 0.2) is 24.3 Å². The number of hydrogen-bond donors (Lipinski definition) is 0. The molecule has 1 rings (SSSR count). The molecule has 0 aromatic heterocycles. The van der Waals surface area contributed by atoms with Gasteiger partial charge in [-0.15, -0.1) is 24.8 Å². The molecule has 0 fully saturated rings. The van der Waals surface area contributed by atoms with Gasteiger partial charge in [-0.3, -0.25) is 9.80 Å². The zero-order chi connectivity index (χ0) is 19.7. The van der Waals surface area contributed by atoms with Gasteiger partial charge in [0.1, 0.15) is 0 Å². The molecule has 4 heteroatoms. The van der Waals surface area contributed by atoms with Gasteiger partial charge < -0.3 is 0 Å². The van der Waals surface area contributed by atoms with Crippen LogP contribution in [0, 0.1) is 23.7 Å². The molecule has 0 atom stereocenters. The molecule has 0 aliphatic heterocycles. The molecule has 0 saturated heterocycles. The van der Waals surface area contributed by atoms with E-state index in [1.165, 1.54) is 0 Å². The van der Waals surface area contributed by atoms with Crippen molar-refractivity contribution in [3.8, 4) is 23.7 Å². The summed E-state index contributed by atoms with van der Waals surface area (Å²) < 4.78 is 0. The average molecular weight is 425 g/mol. The molecule has 0 unspecified atom stereocenters. The van der Waals surface area contributed by atoms with Crippen LogP contribution in [0.25, 0.3) is 0 Å². The molecular weight excluding hydrogens is 387 g/mol. The molecule has 2 nitrogen and oxygen atoms in total. The number of nitrogens with zero attached hydrogens (tertiary/aromatic N) is 2. The second kappa shape index (κ2) is 14.8. The van der Waals surface area contributed by atoms with Crippen LogP contribution in [0.2, 0.25) is 0 Å². The van der Waals surface area contributed by atoms with Gasteiger partial charge in [-0.05, 0) is 79.7 Å². The van der Waals surface area contributed by atoms with Crippen molar-refractivity contribution in [3.63, 3.8) is 0 Å². The summed E-state index contributed by atoms with van der Waals surface area (Å²) in [7, 11) is 0. The van der Waals surface area contributed by atoms with Crippen molar-refractivity contribution < 1.29 is 0 Å². The molecule has 1 aromatic carbocycles. The SMILES string of the molecule is CC(C)N(CC#Cc1ccc(C#CCN(C(C)C)C(C)C)cc1)C(C)C.Cl.Cl. The molecule has 0 spiro atoms. The molecule has 28 heavy (non-hydrogen) atoms. The lowest BCUT2D eigenvalue weighted by molar-refractivity contribution is 0.199. The summed E-state index contributed by atoms with van der Waals surface area (Å²) in [4.78, 5) is 4.78. The molecule has 0 radical (unpaired) electrons. The first kappa shape index (κ1) is 29.0. The van der Waals surface area contributed by atoms with E-state index in [0.29, 0.717) is 24.2 Å². The first-order valence-corrected chi connectivity index (χ1v) is 9.81. The fraction of sp³-hybridized carbons (Fsp3) is 0.583. The van der Waals surface area contributed by atoms with Crippen molar-refractivity contribution in [1.82, 2.24) is 9.80 Å².